The minimum Gasteiger partial charge on any atom is -0.373 e. The molecular weight excluding hydrogens is 276 g/mol. The SMILES string of the molecule is O=C(NC1CCCCC1)[C@H]1[C@H](c2ccncc2)[C@@H]2CC[C@H]1O2. The van der Waals surface area contributed by atoms with E-state index < -0.39 is 0 Å². The van der Waals surface area contributed by atoms with E-state index in [9.17, 15) is 4.79 Å². The van der Waals surface area contributed by atoms with E-state index in [1.807, 2.05) is 24.5 Å². The van der Waals surface area contributed by atoms with Gasteiger partial charge in [0.1, 0.15) is 0 Å². The van der Waals surface area contributed by atoms with E-state index in [-0.39, 0.29) is 30.0 Å². The van der Waals surface area contributed by atoms with Crippen LogP contribution in [0.3, 0.4) is 0 Å². The molecule has 3 fully saturated rings. The zero-order valence-electron chi connectivity index (χ0n) is 12.9. The number of pyridine rings is 1. The number of rotatable bonds is 3. The monoisotopic (exact) mass is 300 g/mol. The number of ether oxygens (including phenoxy) is 1. The van der Waals surface area contributed by atoms with Crippen LogP contribution in [0.2, 0.25) is 0 Å². The first-order chi connectivity index (χ1) is 10.8. The lowest BCUT2D eigenvalue weighted by molar-refractivity contribution is -0.127. The Kier molecular flexibility index (Phi) is 3.87. The number of nitrogens with one attached hydrogen (secondary N) is 1. The van der Waals surface area contributed by atoms with Gasteiger partial charge >= 0.3 is 0 Å². The molecule has 0 spiro atoms. The molecule has 2 bridgehead atoms. The lowest BCUT2D eigenvalue weighted by Gasteiger charge is -2.30. The minimum atomic E-state index is -0.0249. The zero-order chi connectivity index (χ0) is 14.9. The van der Waals surface area contributed by atoms with Crippen molar-refractivity contribution in [2.45, 2.75) is 69.1 Å². The first-order valence-electron chi connectivity index (χ1n) is 8.68. The predicted molar refractivity (Wildman–Crippen MR) is 83.4 cm³/mol. The Labute approximate surface area is 131 Å². The normalized spacial score (nSPS) is 34.7. The van der Waals surface area contributed by atoms with E-state index in [1.54, 1.807) is 0 Å². The van der Waals surface area contributed by atoms with Gasteiger partial charge in [0, 0.05) is 24.4 Å². The molecule has 118 valence electrons. The molecule has 1 aromatic rings. The van der Waals surface area contributed by atoms with Crippen molar-refractivity contribution in [2.75, 3.05) is 0 Å². The predicted octanol–water partition coefficient (Wildman–Crippen LogP) is 2.79. The van der Waals surface area contributed by atoms with E-state index in [0.717, 1.165) is 25.7 Å². The summed E-state index contributed by atoms with van der Waals surface area (Å²) in [5.74, 6) is 0.384. The summed E-state index contributed by atoms with van der Waals surface area (Å²) in [5.41, 5.74) is 1.20. The summed E-state index contributed by atoms with van der Waals surface area (Å²) in [4.78, 5) is 17.0. The molecule has 4 nitrogen and oxygen atoms in total. The van der Waals surface area contributed by atoms with Crippen molar-refractivity contribution in [3.05, 3.63) is 30.1 Å². The van der Waals surface area contributed by atoms with Gasteiger partial charge in [0.25, 0.3) is 0 Å². The van der Waals surface area contributed by atoms with Crippen molar-refractivity contribution in [3.63, 3.8) is 0 Å². The summed E-state index contributed by atoms with van der Waals surface area (Å²) in [5, 5.41) is 3.31. The molecular formula is C18H24N2O2. The molecule has 1 N–H and O–H groups in total. The van der Waals surface area contributed by atoms with Gasteiger partial charge in [-0.15, -0.1) is 0 Å². The summed E-state index contributed by atoms with van der Waals surface area (Å²) in [6, 6.07) is 4.45. The first kappa shape index (κ1) is 14.2. The van der Waals surface area contributed by atoms with Crippen molar-refractivity contribution >= 4 is 5.91 Å². The highest BCUT2D eigenvalue weighted by Crippen LogP contribution is 2.48. The average Bonchev–Trinajstić information content (AvgIpc) is 3.17. The van der Waals surface area contributed by atoms with Gasteiger partial charge in [-0.1, -0.05) is 19.3 Å². The molecule has 0 aromatic carbocycles. The minimum absolute atomic E-state index is 0.0249. The van der Waals surface area contributed by atoms with E-state index in [4.69, 9.17) is 4.74 Å². The van der Waals surface area contributed by atoms with Gasteiger partial charge in [0.05, 0.1) is 18.1 Å². The Morgan fingerprint density at radius 1 is 1.05 bits per heavy atom. The number of fused-ring (bicyclic) bond motifs is 2. The van der Waals surface area contributed by atoms with Crippen LogP contribution in [0.5, 0.6) is 0 Å². The maximum absolute atomic E-state index is 12.9. The molecule has 0 unspecified atom stereocenters. The van der Waals surface area contributed by atoms with Crippen molar-refractivity contribution in [3.8, 4) is 0 Å². The molecule has 1 aromatic heterocycles. The Morgan fingerprint density at radius 3 is 2.55 bits per heavy atom. The largest absolute Gasteiger partial charge is 0.373 e. The van der Waals surface area contributed by atoms with Gasteiger partial charge in [-0.3, -0.25) is 9.78 Å². The molecule has 0 radical (unpaired) electrons. The van der Waals surface area contributed by atoms with Crippen molar-refractivity contribution in [1.82, 2.24) is 10.3 Å². The van der Waals surface area contributed by atoms with Crippen molar-refractivity contribution in [2.24, 2.45) is 5.92 Å². The Bertz CT molecular complexity index is 527. The fourth-order valence-electron chi connectivity index (χ4n) is 4.56. The van der Waals surface area contributed by atoms with Crippen LogP contribution in [-0.2, 0) is 9.53 Å². The number of hydrogen-bond donors (Lipinski definition) is 1. The third-order valence-corrected chi connectivity index (χ3v) is 5.62. The number of amides is 1. The molecule has 1 aliphatic carbocycles. The number of aromatic nitrogens is 1. The molecule has 2 saturated heterocycles. The van der Waals surface area contributed by atoms with Crippen LogP contribution < -0.4 is 5.32 Å². The van der Waals surface area contributed by atoms with E-state index >= 15 is 0 Å². The average molecular weight is 300 g/mol. The maximum Gasteiger partial charge on any atom is 0.226 e. The molecule has 22 heavy (non-hydrogen) atoms. The smallest absolute Gasteiger partial charge is 0.226 e. The number of carbonyl (C=O) groups is 1. The van der Waals surface area contributed by atoms with Gasteiger partial charge in [-0.05, 0) is 43.4 Å². The second kappa shape index (κ2) is 5.99. The van der Waals surface area contributed by atoms with Crippen LogP contribution in [0, 0.1) is 5.92 Å². The second-order valence-electron chi connectivity index (χ2n) is 6.97. The summed E-state index contributed by atoms with van der Waals surface area (Å²) in [7, 11) is 0. The molecule has 2 aliphatic heterocycles. The van der Waals surface area contributed by atoms with Gasteiger partial charge in [-0.2, -0.15) is 0 Å². The Balaban J connectivity index is 1.52. The highest BCUT2D eigenvalue weighted by Gasteiger charge is 2.52. The Hall–Kier alpha value is -1.42. The van der Waals surface area contributed by atoms with Gasteiger partial charge in [0.2, 0.25) is 5.91 Å². The number of nitrogens with zero attached hydrogens (tertiary/aromatic N) is 1. The summed E-state index contributed by atoms with van der Waals surface area (Å²) in [6.07, 6.45) is 12.1. The quantitative estimate of drug-likeness (QED) is 0.934. The second-order valence-corrected chi connectivity index (χ2v) is 6.97. The van der Waals surface area contributed by atoms with E-state index in [1.165, 1.54) is 24.8 Å². The summed E-state index contributed by atoms with van der Waals surface area (Å²) in [6.45, 7) is 0. The van der Waals surface area contributed by atoms with Crippen molar-refractivity contribution in [1.29, 1.82) is 0 Å². The highest BCUT2D eigenvalue weighted by molar-refractivity contribution is 5.81. The van der Waals surface area contributed by atoms with Crippen LogP contribution in [0.15, 0.2) is 24.5 Å². The molecule has 3 aliphatic rings. The van der Waals surface area contributed by atoms with E-state index in [0.29, 0.717) is 6.04 Å². The third-order valence-electron chi connectivity index (χ3n) is 5.62. The maximum atomic E-state index is 12.9. The Morgan fingerprint density at radius 2 is 1.77 bits per heavy atom. The number of hydrogen-bond acceptors (Lipinski definition) is 3. The lowest BCUT2D eigenvalue weighted by Crippen LogP contribution is -2.45. The van der Waals surface area contributed by atoms with Gasteiger partial charge in [0.15, 0.2) is 0 Å². The molecule has 4 heteroatoms. The highest BCUT2D eigenvalue weighted by atomic mass is 16.5. The molecule has 4 rings (SSSR count). The fourth-order valence-corrected chi connectivity index (χ4v) is 4.56. The molecule has 4 atom stereocenters. The van der Waals surface area contributed by atoms with E-state index in [2.05, 4.69) is 10.3 Å². The zero-order valence-corrected chi connectivity index (χ0v) is 12.9. The lowest BCUT2D eigenvalue weighted by atomic mass is 9.75. The number of carbonyl (C=O) groups excluding carboxylic acids is 1. The van der Waals surface area contributed by atoms with Crippen LogP contribution in [-0.4, -0.2) is 29.1 Å². The first-order valence-corrected chi connectivity index (χ1v) is 8.68. The van der Waals surface area contributed by atoms with Gasteiger partial charge in [-0.25, -0.2) is 0 Å². The van der Waals surface area contributed by atoms with Crippen LogP contribution in [0.4, 0.5) is 0 Å². The fraction of sp³-hybridized carbons (Fsp3) is 0.667. The molecule has 1 saturated carbocycles. The van der Waals surface area contributed by atoms with Crippen LogP contribution >= 0.6 is 0 Å². The van der Waals surface area contributed by atoms with Crippen LogP contribution in [0.1, 0.15) is 56.4 Å². The standard InChI is InChI=1S/C18H24N2O2/c21-18(20-13-4-2-1-3-5-13)17-15-7-6-14(22-15)16(17)12-8-10-19-11-9-12/h8-11,13-17H,1-7H2,(H,20,21)/t14-,15+,16+,17+/m0/s1. The van der Waals surface area contributed by atoms with Crippen LogP contribution in [0.25, 0.3) is 0 Å². The summed E-state index contributed by atoms with van der Waals surface area (Å²) >= 11 is 0. The topological polar surface area (TPSA) is 51.2 Å². The molecule has 1 amide bonds. The third kappa shape index (κ3) is 2.54. The molecule has 3 heterocycles. The summed E-state index contributed by atoms with van der Waals surface area (Å²) < 4.78 is 6.08. The van der Waals surface area contributed by atoms with Crippen molar-refractivity contribution < 1.29 is 9.53 Å². The van der Waals surface area contributed by atoms with Gasteiger partial charge < -0.3 is 10.1 Å².